The van der Waals surface area contributed by atoms with Gasteiger partial charge in [-0.1, -0.05) is 43.5 Å². The molecule has 2 nitrogen and oxygen atoms in total. The van der Waals surface area contributed by atoms with E-state index in [1.807, 2.05) is 13.0 Å². The van der Waals surface area contributed by atoms with E-state index in [9.17, 15) is 10.4 Å². The van der Waals surface area contributed by atoms with Crippen LogP contribution in [0.15, 0.2) is 24.3 Å². The number of aliphatic hydroxyl groups is 1. The van der Waals surface area contributed by atoms with Gasteiger partial charge in [0, 0.05) is 0 Å². The van der Waals surface area contributed by atoms with Gasteiger partial charge in [0.1, 0.15) is 0 Å². The molecular weight excluding hydrogens is 258 g/mol. The van der Waals surface area contributed by atoms with Crippen LogP contribution in [0.3, 0.4) is 0 Å². The molecule has 2 aliphatic carbocycles. The van der Waals surface area contributed by atoms with E-state index in [0.717, 1.165) is 25.7 Å². The molecule has 2 atom stereocenters. The van der Waals surface area contributed by atoms with Gasteiger partial charge < -0.3 is 5.11 Å². The largest absolute Gasteiger partial charge is 0.388 e. The maximum Gasteiger partial charge on any atom is 0.0903 e. The molecule has 2 heteroatoms. The third-order valence-electron chi connectivity index (χ3n) is 6.01. The number of nitriles is 1. The highest BCUT2D eigenvalue weighted by atomic mass is 16.3. The number of benzene rings is 1. The van der Waals surface area contributed by atoms with Crippen molar-refractivity contribution in [3.63, 3.8) is 0 Å². The average Bonchev–Trinajstić information content (AvgIpc) is 2.55. The van der Waals surface area contributed by atoms with Gasteiger partial charge in [0.25, 0.3) is 0 Å². The second-order valence-corrected chi connectivity index (χ2v) is 7.12. The zero-order valence-electron chi connectivity index (χ0n) is 12.9. The molecule has 1 N–H and O–H groups in total. The van der Waals surface area contributed by atoms with Crippen molar-refractivity contribution in [2.45, 2.75) is 63.9 Å². The number of fused-ring (bicyclic) bond motifs is 1. The van der Waals surface area contributed by atoms with E-state index < -0.39 is 11.0 Å². The molecule has 0 saturated heterocycles. The lowest BCUT2D eigenvalue weighted by Crippen LogP contribution is -2.53. The van der Waals surface area contributed by atoms with Crippen molar-refractivity contribution in [1.82, 2.24) is 0 Å². The molecule has 0 bridgehead atoms. The Morgan fingerprint density at radius 3 is 2.52 bits per heavy atom. The first-order valence-electron chi connectivity index (χ1n) is 8.29. The van der Waals surface area contributed by atoms with E-state index in [4.69, 9.17) is 0 Å². The summed E-state index contributed by atoms with van der Waals surface area (Å²) in [5.41, 5.74) is 1.10. The lowest BCUT2D eigenvalue weighted by molar-refractivity contribution is -0.102. The highest BCUT2D eigenvalue weighted by Gasteiger charge is 2.53. The summed E-state index contributed by atoms with van der Waals surface area (Å²) in [5, 5.41) is 21.2. The van der Waals surface area contributed by atoms with Crippen LogP contribution in [0, 0.1) is 22.7 Å². The van der Waals surface area contributed by atoms with Gasteiger partial charge in [0.2, 0.25) is 0 Å². The quantitative estimate of drug-likeness (QED) is 0.891. The molecule has 0 spiro atoms. The number of hydrogen-bond donors (Lipinski definition) is 1. The van der Waals surface area contributed by atoms with Crippen LogP contribution in [0.1, 0.15) is 56.6 Å². The monoisotopic (exact) mass is 283 g/mol. The Bertz CT molecular complexity index is 551. The van der Waals surface area contributed by atoms with E-state index in [2.05, 4.69) is 24.3 Å². The maximum atomic E-state index is 11.3. The molecule has 1 saturated carbocycles. The van der Waals surface area contributed by atoms with Crippen LogP contribution in [-0.2, 0) is 12.8 Å². The van der Waals surface area contributed by atoms with Crippen LogP contribution >= 0.6 is 0 Å². The summed E-state index contributed by atoms with van der Waals surface area (Å²) in [4.78, 5) is 0. The standard InChI is InChI=1S/C19H25NO/c1-18(21,17-9-3-2-4-10-17)19(14-20)12-11-15-7-5-6-8-16(15)13-19/h5-8,17,21H,2-4,9-13H2,1H3. The van der Waals surface area contributed by atoms with Gasteiger partial charge >= 0.3 is 0 Å². The summed E-state index contributed by atoms with van der Waals surface area (Å²) < 4.78 is 0. The Morgan fingerprint density at radius 1 is 1.19 bits per heavy atom. The first-order valence-corrected chi connectivity index (χ1v) is 8.29. The van der Waals surface area contributed by atoms with E-state index in [0.29, 0.717) is 6.42 Å². The van der Waals surface area contributed by atoms with Crippen LogP contribution in [0.5, 0.6) is 0 Å². The Kier molecular flexibility index (Phi) is 3.80. The first-order chi connectivity index (χ1) is 10.1. The number of aryl methyl sites for hydroxylation is 1. The zero-order chi connectivity index (χ0) is 14.9. The van der Waals surface area contributed by atoms with Gasteiger partial charge in [0.15, 0.2) is 0 Å². The van der Waals surface area contributed by atoms with Crippen molar-refractivity contribution in [1.29, 1.82) is 5.26 Å². The van der Waals surface area contributed by atoms with Crippen LogP contribution in [-0.4, -0.2) is 10.7 Å². The number of rotatable bonds is 2. The van der Waals surface area contributed by atoms with Gasteiger partial charge in [-0.05, 0) is 56.1 Å². The van der Waals surface area contributed by atoms with Gasteiger partial charge in [0.05, 0.1) is 17.1 Å². The molecule has 0 aliphatic heterocycles. The molecule has 1 aromatic rings. The van der Waals surface area contributed by atoms with E-state index in [-0.39, 0.29) is 5.92 Å². The maximum absolute atomic E-state index is 11.3. The van der Waals surface area contributed by atoms with Crippen molar-refractivity contribution < 1.29 is 5.11 Å². The van der Waals surface area contributed by atoms with Crippen molar-refractivity contribution >= 4 is 0 Å². The summed E-state index contributed by atoms with van der Waals surface area (Å²) in [6.45, 7) is 1.93. The lowest BCUT2D eigenvalue weighted by atomic mass is 9.57. The second-order valence-electron chi connectivity index (χ2n) is 7.12. The first kappa shape index (κ1) is 14.6. The summed E-state index contributed by atoms with van der Waals surface area (Å²) in [6.07, 6.45) is 8.18. The molecule has 0 amide bonds. The molecule has 0 heterocycles. The van der Waals surface area contributed by atoms with Crippen LogP contribution in [0.4, 0.5) is 0 Å². The predicted molar refractivity (Wildman–Crippen MR) is 83.7 cm³/mol. The van der Waals surface area contributed by atoms with Crippen LogP contribution in [0.25, 0.3) is 0 Å². The topological polar surface area (TPSA) is 44.0 Å². The molecule has 3 rings (SSSR count). The lowest BCUT2D eigenvalue weighted by Gasteiger charge is -2.48. The van der Waals surface area contributed by atoms with Gasteiger partial charge in [-0.25, -0.2) is 0 Å². The van der Waals surface area contributed by atoms with Gasteiger partial charge in [-0.3, -0.25) is 0 Å². The highest BCUT2D eigenvalue weighted by molar-refractivity contribution is 5.34. The summed E-state index contributed by atoms with van der Waals surface area (Å²) in [7, 11) is 0. The zero-order valence-corrected chi connectivity index (χ0v) is 12.9. The molecular formula is C19H25NO. The van der Waals surface area contributed by atoms with E-state index >= 15 is 0 Å². The number of hydrogen-bond acceptors (Lipinski definition) is 2. The predicted octanol–water partition coefficient (Wildman–Crippen LogP) is 4.02. The Hall–Kier alpha value is -1.33. The molecule has 1 aromatic carbocycles. The molecule has 2 unspecified atom stereocenters. The molecule has 1 fully saturated rings. The SMILES string of the molecule is CC(O)(C1CCCCC1)C1(C#N)CCc2ccccc2C1. The van der Waals surface area contributed by atoms with E-state index in [1.54, 1.807) is 0 Å². The Morgan fingerprint density at radius 2 is 1.86 bits per heavy atom. The third-order valence-corrected chi connectivity index (χ3v) is 6.01. The molecule has 0 aromatic heterocycles. The minimum atomic E-state index is -0.879. The smallest absolute Gasteiger partial charge is 0.0903 e. The second kappa shape index (κ2) is 5.46. The van der Waals surface area contributed by atoms with Gasteiger partial charge in [-0.2, -0.15) is 5.26 Å². The highest BCUT2D eigenvalue weighted by Crippen LogP contribution is 2.49. The molecule has 112 valence electrons. The molecule has 2 aliphatic rings. The van der Waals surface area contributed by atoms with Crippen molar-refractivity contribution in [2.24, 2.45) is 11.3 Å². The minimum absolute atomic E-state index is 0.274. The van der Waals surface area contributed by atoms with Crippen molar-refractivity contribution in [3.8, 4) is 6.07 Å². The minimum Gasteiger partial charge on any atom is -0.388 e. The fourth-order valence-electron chi connectivity index (χ4n) is 4.43. The Labute approximate surface area is 127 Å². The van der Waals surface area contributed by atoms with Crippen LogP contribution < -0.4 is 0 Å². The van der Waals surface area contributed by atoms with Crippen LogP contribution in [0.2, 0.25) is 0 Å². The van der Waals surface area contributed by atoms with Crippen molar-refractivity contribution in [3.05, 3.63) is 35.4 Å². The van der Waals surface area contributed by atoms with E-state index in [1.165, 1.54) is 30.4 Å². The normalized spacial score (nSPS) is 29.2. The Balaban J connectivity index is 1.92. The summed E-state index contributed by atoms with van der Waals surface area (Å²) in [5.74, 6) is 0.274. The summed E-state index contributed by atoms with van der Waals surface area (Å²) >= 11 is 0. The fourth-order valence-corrected chi connectivity index (χ4v) is 4.43. The molecule has 21 heavy (non-hydrogen) atoms. The van der Waals surface area contributed by atoms with Gasteiger partial charge in [-0.15, -0.1) is 0 Å². The average molecular weight is 283 g/mol. The third kappa shape index (κ3) is 2.38. The van der Waals surface area contributed by atoms with Crippen molar-refractivity contribution in [2.75, 3.05) is 0 Å². The fraction of sp³-hybridized carbons (Fsp3) is 0.632. The summed E-state index contributed by atoms with van der Waals surface area (Å²) in [6, 6.07) is 10.9. The molecule has 0 radical (unpaired) electrons. The number of nitrogens with zero attached hydrogens (tertiary/aromatic N) is 1.